The number of amides is 2. The molecule has 0 saturated carbocycles. The topological polar surface area (TPSA) is 155 Å². The van der Waals surface area contributed by atoms with Crippen LogP contribution in [0.1, 0.15) is 60.8 Å². The number of nitrogens with zero attached hydrogens (tertiary/aromatic N) is 1. The summed E-state index contributed by atoms with van der Waals surface area (Å²) in [5.41, 5.74) is 2.28. The van der Waals surface area contributed by atoms with Crippen LogP contribution in [-0.4, -0.2) is 58.8 Å². The van der Waals surface area contributed by atoms with Crippen LogP contribution >= 0.6 is 0 Å². The molecule has 0 bridgehead atoms. The smallest absolute Gasteiger partial charge is 0.251 e. The lowest BCUT2D eigenvalue weighted by Crippen LogP contribution is -2.42. The summed E-state index contributed by atoms with van der Waals surface area (Å²) >= 11 is 0. The fourth-order valence-corrected chi connectivity index (χ4v) is 3.73. The van der Waals surface area contributed by atoms with Crippen molar-refractivity contribution in [2.75, 3.05) is 25.0 Å². The Morgan fingerprint density at radius 3 is 2.58 bits per heavy atom. The largest absolute Gasteiger partial charge is 0.508 e. The van der Waals surface area contributed by atoms with Gasteiger partial charge >= 0.3 is 0 Å². The highest BCUT2D eigenvalue weighted by molar-refractivity contribution is 6.00. The predicted octanol–water partition coefficient (Wildman–Crippen LogP) is 1.52. The SMILES string of the molecule is CCc1cc(C(C)NC(=O)CNC(=O)c2cc(O)cc(NC3=NCC(O)CN3)c2)cc(C(C)(C)O)c1. The van der Waals surface area contributed by atoms with Gasteiger partial charge in [0.25, 0.3) is 5.91 Å². The van der Waals surface area contributed by atoms with Crippen molar-refractivity contribution >= 4 is 23.5 Å². The molecule has 1 aliphatic heterocycles. The first kappa shape index (κ1) is 27.0. The molecule has 194 valence electrons. The van der Waals surface area contributed by atoms with Crippen LogP contribution in [0.3, 0.4) is 0 Å². The maximum atomic E-state index is 12.6. The van der Waals surface area contributed by atoms with Crippen molar-refractivity contribution in [3.63, 3.8) is 0 Å². The van der Waals surface area contributed by atoms with Crippen LogP contribution in [-0.2, 0) is 16.8 Å². The second-order valence-corrected chi connectivity index (χ2v) is 9.47. The minimum Gasteiger partial charge on any atom is -0.508 e. The number of hydrogen-bond acceptors (Lipinski definition) is 8. The zero-order chi connectivity index (χ0) is 26.5. The van der Waals surface area contributed by atoms with E-state index in [0.717, 1.165) is 23.1 Å². The molecule has 36 heavy (non-hydrogen) atoms. The summed E-state index contributed by atoms with van der Waals surface area (Å²) in [4.78, 5) is 29.3. The van der Waals surface area contributed by atoms with Crippen molar-refractivity contribution in [2.24, 2.45) is 4.99 Å². The van der Waals surface area contributed by atoms with Crippen LogP contribution in [0.5, 0.6) is 5.75 Å². The third kappa shape index (κ3) is 7.43. The number of aryl methyl sites for hydroxylation is 1. The first-order valence-electron chi connectivity index (χ1n) is 12.0. The number of carbonyl (C=O) groups excluding carboxylic acids is 2. The van der Waals surface area contributed by atoms with Crippen LogP contribution in [0.25, 0.3) is 0 Å². The van der Waals surface area contributed by atoms with Gasteiger partial charge in [0.15, 0.2) is 5.96 Å². The highest BCUT2D eigenvalue weighted by Gasteiger charge is 2.20. The molecule has 0 saturated heterocycles. The van der Waals surface area contributed by atoms with Crippen molar-refractivity contribution < 1.29 is 24.9 Å². The molecule has 1 aliphatic rings. The molecular weight excluding hydrogens is 462 g/mol. The van der Waals surface area contributed by atoms with Gasteiger partial charge < -0.3 is 36.6 Å². The monoisotopic (exact) mass is 497 g/mol. The van der Waals surface area contributed by atoms with Gasteiger partial charge in [0.2, 0.25) is 5.91 Å². The summed E-state index contributed by atoms with van der Waals surface area (Å²) in [6.07, 6.45) is 0.230. The van der Waals surface area contributed by atoms with Gasteiger partial charge in [-0.1, -0.05) is 25.1 Å². The van der Waals surface area contributed by atoms with Gasteiger partial charge in [-0.25, -0.2) is 0 Å². The van der Waals surface area contributed by atoms with Crippen LogP contribution in [0.2, 0.25) is 0 Å². The number of rotatable bonds is 8. The molecule has 2 atom stereocenters. The van der Waals surface area contributed by atoms with E-state index in [0.29, 0.717) is 18.2 Å². The standard InChI is InChI=1S/C26H35N5O5/c1-5-16-6-17(8-19(7-16)26(3,4)36)15(2)30-23(34)14-27-24(35)18-9-20(11-21(32)10-18)31-25-28-12-22(33)13-29-25/h6-11,15,22,32-33,36H,5,12-14H2,1-4H3,(H,27,35)(H,30,34)(H2,28,29,31). The van der Waals surface area contributed by atoms with Crippen LogP contribution in [0.15, 0.2) is 41.4 Å². The van der Waals surface area contributed by atoms with E-state index in [2.05, 4.69) is 26.3 Å². The number of aromatic hydroxyl groups is 1. The number of β-amino-alcohol motifs (C(OH)–C–C–N with tert-alkyl or cyclic N) is 1. The average Bonchev–Trinajstić information content (AvgIpc) is 2.82. The molecule has 0 fully saturated rings. The molecule has 7 N–H and O–H groups in total. The summed E-state index contributed by atoms with van der Waals surface area (Å²) in [6, 6.07) is 9.75. The molecule has 0 aromatic heterocycles. The fraction of sp³-hybridized carbons (Fsp3) is 0.423. The quantitative estimate of drug-likeness (QED) is 0.292. The zero-order valence-electron chi connectivity index (χ0n) is 21.1. The van der Waals surface area contributed by atoms with Crippen molar-refractivity contribution in [1.29, 1.82) is 0 Å². The van der Waals surface area contributed by atoms with Gasteiger partial charge in [0, 0.05) is 23.9 Å². The molecule has 2 unspecified atom stereocenters. The van der Waals surface area contributed by atoms with E-state index in [1.165, 1.54) is 18.2 Å². The summed E-state index contributed by atoms with van der Waals surface area (Å²) in [5.74, 6) is -0.605. The second-order valence-electron chi connectivity index (χ2n) is 9.47. The van der Waals surface area contributed by atoms with E-state index in [-0.39, 0.29) is 36.4 Å². The molecule has 2 amide bonds. The number of aliphatic hydroxyl groups excluding tert-OH is 1. The second kappa shape index (κ2) is 11.4. The van der Waals surface area contributed by atoms with E-state index in [9.17, 15) is 24.9 Å². The highest BCUT2D eigenvalue weighted by atomic mass is 16.3. The number of nitrogens with one attached hydrogen (secondary N) is 4. The van der Waals surface area contributed by atoms with Crippen LogP contribution in [0.4, 0.5) is 5.69 Å². The summed E-state index contributed by atoms with van der Waals surface area (Å²) in [5, 5.41) is 41.3. The van der Waals surface area contributed by atoms with Gasteiger partial charge in [0.1, 0.15) is 5.75 Å². The Morgan fingerprint density at radius 1 is 1.19 bits per heavy atom. The number of carbonyl (C=O) groups is 2. The Balaban J connectivity index is 1.60. The molecule has 0 spiro atoms. The number of anilines is 1. The molecule has 0 aliphatic carbocycles. The van der Waals surface area contributed by atoms with E-state index >= 15 is 0 Å². The maximum absolute atomic E-state index is 12.6. The first-order valence-corrected chi connectivity index (χ1v) is 12.0. The van der Waals surface area contributed by atoms with Gasteiger partial charge in [-0.05, 0) is 56.0 Å². The number of hydrogen-bond donors (Lipinski definition) is 7. The van der Waals surface area contributed by atoms with Gasteiger partial charge in [0.05, 0.1) is 30.8 Å². The number of benzene rings is 2. The van der Waals surface area contributed by atoms with E-state index in [4.69, 9.17) is 0 Å². The predicted molar refractivity (Wildman–Crippen MR) is 138 cm³/mol. The van der Waals surface area contributed by atoms with Gasteiger partial charge in [-0.2, -0.15) is 0 Å². The molecule has 10 heteroatoms. The molecular formula is C26H35N5O5. The van der Waals surface area contributed by atoms with Gasteiger partial charge in [-0.15, -0.1) is 0 Å². The lowest BCUT2D eigenvalue weighted by atomic mass is 9.91. The normalized spacial score (nSPS) is 16.4. The summed E-state index contributed by atoms with van der Waals surface area (Å²) in [6.45, 7) is 7.64. The van der Waals surface area contributed by atoms with Gasteiger partial charge in [-0.3, -0.25) is 14.6 Å². The number of guanidine groups is 1. The molecule has 2 aromatic rings. The molecule has 10 nitrogen and oxygen atoms in total. The third-order valence-corrected chi connectivity index (χ3v) is 5.82. The van der Waals surface area contributed by atoms with Crippen molar-refractivity contribution in [3.05, 3.63) is 58.7 Å². The fourth-order valence-electron chi connectivity index (χ4n) is 3.73. The van der Waals surface area contributed by atoms with Crippen molar-refractivity contribution in [1.82, 2.24) is 16.0 Å². The number of aliphatic imine (C=N–C) groups is 1. The van der Waals surface area contributed by atoms with Crippen molar-refractivity contribution in [3.8, 4) is 5.75 Å². The molecule has 0 radical (unpaired) electrons. The minimum absolute atomic E-state index is 0.127. The number of phenolic OH excluding ortho intramolecular Hbond substituents is 1. The lowest BCUT2D eigenvalue weighted by Gasteiger charge is -2.22. The lowest BCUT2D eigenvalue weighted by molar-refractivity contribution is -0.120. The van der Waals surface area contributed by atoms with E-state index in [1.807, 2.05) is 32.0 Å². The highest BCUT2D eigenvalue weighted by Crippen LogP contribution is 2.26. The number of aliphatic hydroxyl groups is 2. The Labute approximate surface area is 210 Å². The molecule has 1 heterocycles. The molecule has 2 aromatic carbocycles. The van der Waals surface area contributed by atoms with Crippen molar-refractivity contribution in [2.45, 2.75) is 51.9 Å². The Hall–Kier alpha value is -3.63. The Bertz CT molecular complexity index is 1140. The maximum Gasteiger partial charge on any atom is 0.251 e. The number of phenols is 1. The minimum atomic E-state index is -1.01. The summed E-state index contributed by atoms with van der Waals surface area (Å²) in [7, 11) is 0. The van der Waals surface area contributed by atoms with E-state index < -0.39 is 17.6 Å². The third-order valence-electron chi connectivity index (χ3n) is 5.82. The first-order chi connectivity index (χ1) is 16.9. The molecule has 3 rings (SSSR count). The van der Waals surface area contributed by atoms with Crippen LogP contribution < -0.4 is 21.3 Å². The summed E-state index contributed by atoms with van der Waals surface area (Å²) < 4.78 is 0. The Kier molecular flexibility index (Phi) is 8.54. The van der Waals surface area contributed by atoms with Crippen LogP contribution in [0, 0.1) is 0 Å². The Morgan fingerprint density at radius 2 is 1.94 bits per heavy atom. The average molecular weight is 498 g/mol. The van der Waals surface area contributed by atoms with E-state index in [1.54, 1.807) is 13.8 Å². The zero-order valence-corrected chi connectivity index (χ0v) is 21.1.